The highest BCUT2D eigenvalue weighted by molar-refractivity contribution is 6.27. The molecule has 30 heavy (non-hydrogen) atoms. The highest BCUT2D eigenvalue weighted by atomic mass is 35.5. The van der Waals surface area contributed by atoms with E-state index in [0.29, 0.717) is 18.5 Å². The molecular formula is C24H28ClFN2O2. The van der Waals surface area contributed by atoms with Crippen molar-refractivity contribution >= 4 is 23.4 Å². The third-order valence-electron chi connectivity index (χ3n) is 5.62. The lowest BCUT2D eigenvalue weighted by molar-refractivity contribution is -0.139. The summed E-state index contributed by atoms with van der Waals surface area (Å²) in [6.07, 6.45) is 5.83. The van der Waals surface area contributed by atoms with Crippen LogP contribution in [0.15, 0.2) is 54.6 Å². The number of hydrogen-bond acceptors (Lipinski definition) is 2. The number of benzene rings is 2. The van der Waals surface area contributed by atoms with Crippen LogP contribution in [0.4, 0.5) is 4.39 Å². The fourth-order valence-electron chi connectivity index (χ4n) is 4.01. The fourth-order valence-corrected chi connectivity index (χ4v) is 4.17. The summed E-state index contributed by atoms with van der Waals surface area (Å²) >= 11 is 5.90. The predicted molar refractivity (Wildman–Crippen MR) is 117 cm³/mol. The largest absolute Gasteiger partial charge is 0.351 e. The van der Waals surface area contributed by atoms with Gasteiger partial charge in [0.1, 0.15) is 17.7 Å². The van der Waals surface area contributed by atoms with Crippen LogP contribution in [0.5, 0.6) is 0 Å². The highest BCUT2D eigenvalue weighted by Crippen LogP contribution is 2.25. The molecule has 0 heterocycles. The van der Waals surface area contributed by atoms with Crippen molar-refractivity contribution in [2.45, 2.75) is 50.6 Å². The lowest BCUT2D eigenvalue weighted by Crippen LogP contribution is -2.48. The molecule has 1 aliphatic rings. The first-order chi connectivity index (χ1) is 14.6. The minimum absolute atomic E-state index is 0.108. The standard InChI is InChI=1S/C24H28ClFN2O2/c25-17-22(29)28(16-15-18-7-3-1-4-8-18)23(19-11-13-20(26)14-12-19)24(30)27-21-9-5-2-6-10-21/h1,3-4,7-8,11-14,21,23H,2,5-6,9-10,15-17H2,(H,27,30)/t23-/m0/s1. The molecule has 0 bridgehead atoms. The van der Waals surface area contributed by atoms with Gasteiger partial charge in [-0.3, -0.25) is 9.59 Å². The Morgan fingerprint density at radius 2 is 1.70 bits per heavy atom. The van der Waals surface area contributed by atoms with Crippen molar-refractivity contribution in [1.82, 2.24) is 10.2 Å². The van der Waals surface area contributed by atoms with Gasteiger partial charge < -0.3 is 10.2 Å². The Hall–Kier alpha value is -2.40. The van der Waals surface area contributed by atoms with Crippen molar-refractivity contribution in [2.75, 3.05) is 12.4 Å². The van der Waals surface area contributed by atoms with Gasteiger partial charge >= 0.3 is 0 Å². The van der Waals surface area contributed by atoms with Gasteiger partial charge in [-0.15, -0.1) is 11.6 Å². The van der Waals surface area contributed by atoms with E-state index in [1.807, 2.05) is 30.3 Å². The zero-order chi connectivity index (χ0) is 21.3. The molecule has 2 amide bonds. The number of nitrogens with one attached hydrogen (secondary N) is 1. The Morgan fingerprint density at radius 3 is 2.33 bits per heavy atom. The highest BCUT2D eigenvalue weighted by Gasteiger charge is 2.32. The Kier molecular flexibility index (Phi) is 8.26. The molecule has 1 N–H and O–H groups in total. The number of alkyl halides is 1. The van der Waals surface area contributed by atoms with E-state index in [1.165, 1.54) is 23.5 Å². The molecule has 6 heteroatoms. The van der Waals surface area contributed by atoms with Crippen LogP contribution in [0.2, 0.25) is 0 Å². The van der Waals surface area contributed by atoms with Gasteiger partial charge in [0.05, 0.1) is 0 Å². The number of hydrogen-bond donors (Lipinski definition) is 1. The molecule has 0 unspecified atom stereocenters. The first-order valence-corrected chi connectivity index (χ1v) is 11.1. The minimum Gasteiger partial charge on any atom is -0.351 e. The summed E-state index contributed by atoms with van der Waals surface area (Å²) in [5.41, 5.74) is 1.65. The molecule has 1 fully saturated rings. The summed E-state index contributed by atoms with van der Waals surface area (Å²) in [6.45, 7) is 0.343. The fraction of sp³-hybridized carbons (Fsp3) is 0.417. The van der Waals surface area contributed by atoms with Gasteiger partial charge in [0, 0.05) is 12.6 Å². The van der Waals surface area contributed by atoms with E-state index in [9.17, 15) is 14.0 Å². The molecule has 3 rings (SSSR count). The quantitative estimate of drug-likeness (QED) is 0.621. The lowest BCUT2D eigenvalue weighted by atomic mass is 9.94. The van der Waals surface area contributed by atoms with Crippen LogP contribution in [0.1, 0.15) is 49.3 Å². The van der Waals surface area contributed by atoms with Crippen LogP contribution in [0, 0.1) is 5.82 Å². The molecule has 0 aromatic heterocycles. The Labute approximate surface area is 182 Å². The second-order valence-corrected chi connectivity index (χ2v) is 8.02. The van der Waals surface area contributed by atoms with Crippen molar-refractivity contribution in [1.29, 1.82) is 0 Å². The molecule has 2 aromatic rings. The van der Waals surface area contributed by atoms with E-state index in [4.69, 9.17) is 11.6 Å². The van der Waals surface area contributed by atoms with Crippen molar-refractivity contribution in [2.24, 2.45) is 0 Å². The summed E-state index contributed by atoms with van der Waals surface area (Å²) in [4.78, 5) is 27.6. The topological polar surface area (TPSA) is 49.4 Å². The van der Waals surface area contributed by atoms with Crippen LogP contribution in [-0.2, 0) is 16.0 Å². The van der Waals surface area contributed by atoms with E-state index in [2.05, 4.69) is 5.32 Å². The van der Waals surface area contributed by atoms with Crippen LogP contribution >= 0.6 is 11.6 Å². The number of amides is 2. The van der Waals surface area contributed by atoms with Crippen molar-refractivity contribution in [3.63, 3.8) is 0 Å². The first kappa shape index (κ1) is 22.3. The molecule has 1 saturated carbocycles. The molecule has 0 saturated heterocycles. The number of rotatable bonds is 8. The van der Waals surface area contributed by atoms with Gasteiger partial charge in [-0.2, -0.15) is 0 Å². The third kappa shape index (κ3) is 6.05. The van der Waals surface area contributed by atoms with E-state index in [-0.39, 0.29) is 29.6 Å². The molecule has 0 aliphatic heterocycles. The summed E-state index contributed by atoms with van der Waals surface area (Å²) in [6, 6.07) is 14.8. The SMILES string of the molecule is O=C(NC1CCCCC1)[C@H](c1ccc(F)cc1)N(CCc1ccccc1)C(=O)CCl. The van der Waals surface area contributed by atoms with Crippen molar-refractivity contribution < 1.29 is 14.0 Å². The van der Waals surface area contributed by atoms with Crippen molar-refractivity contribution in [3.8, 4) is 0 Å². The first-order valence-electron chi connectivity index (χ1n) is 10.5. The molecular weight excluding hydrogens is 403 g/mol. The average molecular weight is 431 g/mol. The summed E-state index contributed by atoms with van der Waals surface area (Å²) in [5.74, 6) is -1.16. The summed E-state index contributed by atoms with van der Waals surface area (Å²) in [7, 11) is 0. The molecule has 1 atom stereocenters. The second-order valence-electron chi connectivity index (χ2n) is 7.75. The van der Waals surface area contributed by atoms with Gasteiger partial charge in [-0.05, 0) is 42.5 Å². The monoisotopic (exact) mass is 430 g/mol. The van der Waals surface area contributed by atoms with Gasteiger partial charge in [-0.1, -0.05) is 61.7 Å². The van der Waals surface area contributed by atoms with Gasteiger partial charge in [0.25, 0.3) is 0 Å². The molecule has 0 spiro atoms. The van der Waals surface area contributed by atoms with Crippen LogP contribution in [0.25, 0.3) is 0 Å². The average Bonchev–Trinajstić information content (AvgIpc) is 2.78. The molecule has 2 aromatic carbocycles. The van der Waals surface area contributed by atoms with Gasteiger partial charge in [0.2, 0.25) is 11.8 Å². The van der Waals surface area contributed by atoms with E-state index >= 15 is 0 Å². The number of carbonyl (C=O) groups excluding carboxylic acids is 2. The molecule has 1 aliphatic carbocycles. The lowest BCUT2D eigenvalue weighted by Gasteiger charge is -2.33. The van der Waals surface area contributed by atoms with Crippen LogP contribution in [-0.4, -0.2) is 35.2 Å². The smallest absolute Gasteiger partial charge is 0.247 e. The summed E-state index contributed by atoms with van der Waals surface area (Å²) in [5, 5.41) is 3.12. The zero-order valence-corrected chi connectivity index (χ0v) is 17.8. The van der Waals surface area contributed by atoms with Crippen LogP contribution < -0.4 is 5.32 Å². The maximum atomic E-state index is 13.5. The molecule has 160 valence electrons. The van der Waals surface area contributed by atoms with Gasteiger partial charge in [-0.25, -0.2) is 4.39 Å². The van der Waals surface area contributed by atoms with Gasteiger partial charge in [0.15, 0.2) is 0 Å². The normalized spacial score (nSPS) is 15.4. The molecule has 0 radical (unpaired) electrons. The number of nitrogens with zero attached hydrogens (tertiary/aromatic N) is 1. The van der Waals surface area contributed by atoms with Crippen LogP contribution in [0.3, 0.4) is 0 Å². The maximum Gasteiger partial charge on any atom is 0.247 e. The maximum absolute atomic E-state index is 13.5. The summed E-state index contributed by atoms with van der Waals surface area (Å²) < 4.78 is 13.5. The minimum atomic E-state index is -0.845. The predicted octanol–water partition coefficient (Wildman–Crippen LogP) is 4.63. The van der Waals surface area contributed by atoms with E-state index in [0.717, 1.165) is 31.2 Å². The number of halogens is 2. The van der Waals surface area contributed by atoms with E-state index in [1.54, 1.807) is 12.1 Å². The Bertz CT molecular complexity index is 823. The van der Waals surface area contributed by atoms with E-state index < -0.39 is 6.04 Å². The molecule has 4 nitrogen and oxygen atoms in total. The second kappa shape index (κ2) is 11.1. The van der Waals surface area contributed by atoms with Crippen molar-refractivity contribution in [3.05, 3.63) is 71.5 Å². The third-order valence-corrected chi connectivity index (χ3v) is 5.84. The zero-order valence-electron chi connectivity index (χ0n) is 17.0. The Balaban J connectivity index is 1.86. The Morgan fingerprint density at radius 1 is 1.03 bits per heavy atom. The number of carbonyl (C=O) groups is 2.